The average molecular weight is 220 g/mol. The maximum Gasteiger partial charge on any atom is 0.0948 e. The van der Waals surface area contributed by atoms with Gasteiger partial charge in [0.05, 0.1) is 12.4 Å². The zero-order chi connectivity index (χ0) is 11.0. The molecule has 1 heterocycles. The van der Waals surface area contributed by atoms with E-state index in [1.165, 1.54) is 32.1 Å². The molecule has 3 rings (SSSR count). The Hall–Kier alpha value is -0.830. The molecular weight excluding hydrogens is 200 g/mol. The first kappa shape index (κ1) is 10.3. The average Bonchev–Trinajstić information content (AvgIpc) is 2.95. The Kier molecular flexibility index (Phi) is 2.51. The summed E-state index contributed by atoms with van der Waals surface area (Å²) in [4.78, 5) is 4.16. The van der Waals surface area contributed by atoms with Gasteiger partial charge in [0.2, 0.25) is 0 Å². The highest BCUT2D eigenvalue weighted by Crippen LogP contribution is 2.54. The summed E-state index contributed by atoms with van der Waals surface area (Å²) in [7, 11) is 0. The van der Waals surface area contributed by atoms with Crippen molar-refractivity contribution in [2.75, 3.05) is 0 Å². The molecule has 1 N–H and O–H groups in total. The van der Waals surface area contributed by atoms with Gasteiger partial charge in [0.1, 0.15) is 0 Å². The van der Waals surface area contributed by atoms with Crippen LogP contribution in [0.1, 0.15) is 51.0 Å². The fourth-order valence-corrected chi connectivity index (χ4v) is 3.80. The van der Waals surface area contributed by atoms with E-state index in [9.17, 15) is 5.11 Å². The number of aliphatic hydroxyl groups is 1. The van der Waals surface area contributed by atoms with Gasteiger partial charge >= 0.3 is 0 Å². The fourth-order valence-electron chi connectivity index (χ4n) is 3.80. The molecular formula is C13H20N2O. The van der Waals surface area contributed by atoms with Crippen LogP contribution in [0.15, 0.2) is 18.7 Å². The number of hydrogen-bond acceptors (Lipinski definition) is 2. The lowest BCUT2D eigenvalue weighted by Crippen LogP contribution is -2.37. The number of aromatic nitrogens is 2. The van der Waals surface area contributed by atoms with Gasteiger partial charge in [-0.2, -0.15) is 0 Å². The van der Waals surface area contributed by atoms with Crippen LogP contribution in [0.5, 0.6) is 0 Å². The minimum absolute atomic E-state index is 0.112. The molecule has 2 atom stereocenters. The number of hydrogen-bond donors (Lipinski definition) is 1. The second kappa shape index (κ2) is 3.88. The largest absolute Gasteiger partial charge is 0.393 e. The second-order valence-corrected chi connectivity index (χ2v) is 5.52. The third-order valence-electron chi connectivity index (χ3n) is 4.66. The van der Waals surface area contributed by atoms with Gasteiger partial charge in [0, 0.05) is 18.4 Å². The lowest BCUT2D eigenvalue weighted by molar-refractivity contribution is 0.0175. The van der Waals surface area contributed by atoms with Crippen molar-refractivity contribution in [2.45, 2.75) is 57.1 Å². The highest BCUT2D eigenvalue weighted by Gasteiger charge is 2.45. The SMILES string of the molecule is OC1CCC2(CCCC2)C(n2ccnc2)C1. The van der Waals surface area contributed by atoms with Crippen LogP contribution in [0, 0.1) is 5.41 Å². The van der Waals surface area contributed by atoms with Crippen LogP contribution in [0.2, 0.25) is 0 Å². The number of nitrogens with zero attached hydrogens (tertiary/aromatic N) is 2. The third kappa shape index (κ3) is 1.58. The van der Waals surface area contributed by atoms with Crippen molar-refractivity contribution >= 4 is 0 Å². The van der Waals surface area contributed by atoms with Crippen molar-refractivity contribution in [1.29, 1.82) is 0 Å². The molecule has 2 unspecified atom stereocenters. The molecule has 0 aromatic carbocycles. The van der Waals surface area contributed by atoms with Crippen molar-refractivity contribution < 1.29 is 5.11 Å². The summed E-state index contributed by atoms with van der Waals surface area (Å²) in [6, 6.07) is 0.473. The van der Waals surface area contributed by atoms with E-state index in [-0.39, 0.29) is 6.10 Å². The Morgan fingerprint density at radius 1 is 1.25 bits per heavy atom. The molecule has 2 aliphatic rings. The zero-order valence-corrected chi connectivity index (χ0v) is 9.68. The minimum Gasteiger partial charge on any atom is -0.393 e. The molecule has 0 saturated heterocycles. The van der Waals surface area contributed by atoms with Crippen molar-refractivity contribution in [3.05, 3.63) is 18.7 Å². The Morgan fingerprint density at radius 3 is 2.75 bits per heavy atom. The van der Waals surface area contributed by atoms with Gasteiger partial charge < -0.3 is 9.67 Å². The quantitative estimate of drug-likeness (QED) is 0.789. The van der Waals surface area contributed by atoms with Crippen molar-refractivity contribution in [3.63, 3.8) is 0 Å². The molecule has 0 radical (unpaired) electrons. The van der Waals surface area contributed by atoms with E-state index in [1.54, 1.807) is 0 Å². The summed E-state index contributed by atoms with van der Waals surface area (Å²) in [5.41, 5.74) is 0.458. The molecule has 2 fully saturated rings. The van der Waals surface area contributed by atoms with Gasteiger partial charge in [-0.05, 0) is 37.5 Å². The van der Waals surface area contributed by atoms with Crippen LogP contribution >= 0.6 is 0 Å². The first-order valence-corrected chi connectivity index (χ1v) is 6.46. The molecule has 0 amide bonds. The van der Waals surface area contributed by atoms with Crippen LogP contribution in [-0.2, 0) is 0 Å². The predicted octanol–water partition coefficient (Wildman–Crippen LogP) is 2.53. The number of rotatable bonds is 1. The topological polar surface area (TPSA) is 38.0 Å². The molecule has 1 aromatic heterocycles. The molecule has 1 spiro atoms. The summed E-state index contributed by atoms with van der Waals surface area (Å²) in [6.45, 7) is 0. The maximum atomic E-state index is 9.89. The summed E-state index contributed by atoms with van der Waals surface area (Å²) in [5.74, 6) is 0. The second-order valence-electron chi connectivity index (χ2n) is 5.52. The van der Waals surface area contributed by atoms with Crippen LogP contribution < -0.4 is 0 Å². The van der Waals surface area contributed by atoms with Crippen LogP contribution in [-0.4, -0.2) is 20.8 Å². The van der Waals surface area contributed by atoms with Crippen LogP contribution in [0.3, 0.4) is 0 Å². The van der Waals surface area contributed by atoms with Gasteiger partial charge in [0.25, 0.3) is 0 Å². The first-order chi connectivity index (χ1) is 7.80. The van der Waals surface area contributed by atoms with Gasteiger partial charge in [-0.3, -0.25) is 0 Å². The van der Waals surface area contributed by atoms with Crippen molar-refractivity contribution in [3.8, 4) is 0 Å². The molecule has 2 aliphatic carbocycles. The molecule has 88 valence electrons. The summed E-state index contributed by atoms with van der Waals surface area (Å²) in [6.07, 6.45) is 14.2. The predicted molar refractivity (Wildman–Crippen MR) is 62.0 cm³/mol. The summed E-state index contributed by atoms with van der Waals surface area (Å²) < 4.78 is 2.23. The van der Waals surface area contributed by atoms with Crippen molar-refractivity contribution in [1.82, 2.24) is 9.55 Å². The highest BCUT2D eigenvalue weighted by molar-refractivity contribution is 5.00. The Bertz CT molecular complexity index is 341. The van der Waals surface area contributed by atoms with Crippen LogP contribution in [0.4, 0.5) is 0 Å². The van der Waals surface area contributed by atoms with E-state index in [0.717, 1.165) is 12.8 Å². The van der Waals surface area contributed by atoms with Gasteiger partial charge in [-0.15, -0.1) is 0 Å². The number of aliphatic hydroxyl groups excluding tert-OH is 1. The van der Waals surface area contributed by atoms with Gasteiger partial charge in [-0.25, -0.2) is 4.98 Å². The Morgan fingerprint density at radius 2 is 2.06 bits per heavy atom. The Balaban J connectivity index is 1.91. The van der Waals surface area contributed by atoms with E-state index in [4.69, 9.17) is 0 Å². The molecule has 3 heteroatoms. The molecule has 0 bridgehead atoms. The standard InChI is InChI=1S/C13H20N2O/c16-11-3-6-13(4-1-2-5-13)12(9-11)15-8-7-14-10-15/h7-8,10-12,16H,1-6,9H2. The third-order valence-corrected chi connectivity index (χ3v) is 4.66. The molecule has 16 heavy (non-hydrogen) atoms. The molecule has 0 aliphatic heterocycles. The fraction of sp³-hybridized carbons (Fsp3) is 0.769. The monoisotopic (exact) mass is 220 g/mol. The molecule has 3 nitrogen and oxygen atoms in total. The maximum absolute atomic E-state index is 9.89. The molecule has 2 saturated carbocycles. The number of imidazole rings is 1. The van der Waals surface area contributed by atoms with Crippen molar-refractivity contribution in [2.24, 2.45) is 5.41 Å². The van der Waals surface area contributed by atoms with E-state index < -0.39 is 0 Å². The van der Waals surface area contributed by atoms with Crippen LogP contribution in [0.25, 0.3) is 0 Å². The lowest BCUT2D eigenvalue weighted by atomic mass is 9.68. The van der Waals surface area contributed by atoms with E-state index in [2.05, 4.69) is 15.7 Å². The zero-order valence-electron chi connectivity index (χ0n) is 9.68. The van der Waals surface area contributed by atoms with E-state index >= 15 is 0 Å². The normalized spacial score (nSPS) is 33.3. The summed E-state index contributed by atoms with van der Waals surface area (Å²) >= 11 is 0. The summed E-state index contributed by atoms with van der Waals surface area (Å²) in [5, 5.41) is 9.89. The molecule has 1 aromatic rings. The first-order valence-electron chi connectivity index (χ1n) is 6.46. The smallest absolute Gasteiger partial charge is 0.0948 e. The minimum atomic E-state index is -0.112. The highest BCUT2D eigenvalue weighted by atomic mass is 16.3. The van der Waals surface area contributed by atoms with E-state index in [1.807, 2.05) is 12.5 Å². The van der Waals surface area contributed by atoms with Gasteiger partial charge in [-0.1, -0.05) is 12.8 Å². The van der Waals surface area contributed by atoms with Gasteiger partial charge in [0.15, 0.2) is 0 Å². The lowest BCUT2D eigenvalue weighted by Gasteiger charge is -2.44. The van der Waals surface area contributed by atoms with E-state index in [0.29, 0.717) is 11.5 Å². The Labute approximate surface area is 96.5 Å².